The maximum Gasteiger partial charge on any atom is 0.263 e. The summed E-state index contributed by atoms with van der Waals surface area (Å²) in [5.41, 5.74) is 2.54. The maximum absolute atomic E-state index is 13.1. The molecule has 4 nitrogen and oxygen atoms in total. The molecule has 0 spiro atoms. The minimum Gasteiger partial charge on any atom is -0.347 e. The average Bonchev–Trinajstić information content (AvgIpc) is 3.13. The third-order valence-electron chi connectivity index (χ3n) is 5.08. The maximum atomic E-state index is 13.1. The molecule has 1 amide bonds. The predicted octanol–water partition coefficient (Wildman–Crippen LogP) is 4.30. The summed E-state index contributed by atoms with van der Waals surface area (Å²) < 4.78 is 1.89. The van der Waals surface area contributed by atoms with Crippen LogP contribution in [-0.2, 0) is 25.9 Å². The molecule has 0 aromatic carbocycles. The third-order valence-corrected chi connectivity index (χ3v) is 5.96. The monoisotopic (exact) mass is 372 g/mol. The van der Waals surface area contributed by atoms with E-state index in [-0.39, 0.29) is 11.5 Å². The standard InChI is InChI=1S/C21H28N2O2S/c1-2-3-12-23-19-11-7-5-4-6-9-16(19)14-18(21(23)25)20(24)22-15-17-10-8-13-26-17/h8,10,13-14H,2-7,9,11-12,15H2,1H3,(H,22,24). The van der Waals surface area contributed by atoms with E-state index < -0.39 is 0 Å². The average molecular weight is 373 g/mol. The van der Waals surface area contributed by atoms with Crippen LogP contribution in [0, 0.1) is 0 Å². The lowest BCUT2D eigenvalue weighted by Crippen LogP contribution is -2.35. The van der Waals surface area contributed by atoms with Crippen molar-refractivity contribution in [2.75, 3.05) is 0 Å². The number of nitrogens with zero attached hydrogens (tertiary/aromatic N) is 1. The highest BCUT2D eigenvalue weighted by atomic mass is 32.1. The number of fused-ring (bicyclic) bond motifs is 1. The lowest BCUT2D eigenvalue weighted by atomic mass is 9.95. The highest BCUT2D eigenvalue weighted by Gasteiger charge is 2.20. The molecule has 2 heterocycles. The van der Waals surface area contributed by atoms with Crippen LogP contribution in [0.15, 0.2) is 28.4 Å². The van der Waals surface area contributed by atoms with Crippen molar-refractivity contribution >= 4 is 17.2 Å². The van der Waals surface area contributed by atoms with Gasteiger partial charge in [-0.15, -0.1) is 11.3 Å². The summed E-state index contributed by atoms with van der Waals surface area (Å²) in [6, 6.07) is 5.83. The van der Waals surface area contributed by atoms with Crippen LogP contribution >= 0.6 is 11.3 Å². The summed E-state index contributed by atoms with van der Waals surface area (Å²) in [5.74, 6) is -0.251. The van der Waals surface area contributed by atoms with Gasteiger partial charge in [0.05, 0.1) is 6.54 Å². The first-order valence-electron chi connectivity index (χ1n) is 9.77. The van der Waals surface area contributed by atoms with Crippen molar-refractivity contribution in [3.8, 4) is 0 Å². The SMILES string of the molecule is CCCCn1c2c(cc(C(=O)NCc3cccs3)c1=O)CCCCCC2. The van der Waals surface area contributed by atoms with Gasteiger partial charge in [-0.2, -0.15) is 0 Å². The van der Waals surface area contributed by atoms with Crippen molar-refractivity contribution in [2.45, 2.75) is 71.4 Å². The van der Waals surface area contributed by atoms with Crippen molar-refractivity contribution in [3.63, 3.8) is 0 Å². The molecule has 0 bridgehead atoms. The summed E-state index contributed by atoms with van der Waals surface area (Å²) in [6.45, 7) is 3.32. The molecule has 0 unspecified atom stereocenters. The molecule has 1 aliphatic carbocycles. The number of unbranched alkanes of at least 4 members (excludes halogenated alkanes) is 1. The molecular formula is C21H28N2O2S. The number of pyridine rings is 1. The molecule has 140 valence electrons. The molecule has 26 heavy (non-hydrogen) atoms. The number of nitrogens with one attached hydrogen (secondary N) is 1. The number of aromatic nitrogens is 1. The van der Waals surface area contributed by atoms with Crippen molar-refractivity contribution in [3.05, 3.63) is 55.6 Å². The van der Waals surface area contributed by atoms with Gasteiger partial charge in [0.25, 0.3) is 11.5 Å². The summed E-state index contributed by atoms with van der Waals surface area (Å²) >= 11 is 1.61. The van der Waals surface area contributed by atoms with E-state index in [1.165, 1.54) is 18.4 Å². The normalized spacial score (nSPS) is 14.3. The summed E-state index contributed by atoms with van der Waals surface area (Å²) in [4.78, 5) is 26.9. The van der Waals surface area contributed by atoms with E-state index in [4.69, 9.17) is 0 Å². The van der Waals surface area contributed by atoms with Crippen molar-refractivity contribution in [1.29, 1.82) is 0 Å². The number of hydrogen-bond acceptors (Lipinski definition) is 3. The number of thiophene rings is 1. The minimum atomic E-state index is -0.251. The molecule has 0 saturated carbocycles. The second-order valence-corrected chi connectivity index (χ2v) is 8.05. The van der Waals surface area contributed by atoms with Gasteiger partial charge in [-0.25, -0.2) is 0 Å². The van der Waals surface area contributed by atoms with Crippen LogP contribution in [0.5, 0.6) is 0 Å². The second kappa shape index (κ2) is 9.17. The fourth-order valence-electron chi connectivity index (χ4n) is 3.63. The Morgan fingerprint density at radius 1 is 1.23 bits per heavy atom. The van der Waals surface area contributed by atoms with Crippen LogP contribution in [0.3, 0.4) is 0 Å². The van der Waals surface area contributed by atoms with Gasteiger partial charge in [0, 0.05) is 17.1 Å². The molecule has 0 atom stereocenters. The zero-order valence-corrected chi connectivity index (χ0v) is 16.4. The number of hydrogen-bond donors (Lipinski definition) is 1. The van der Waals surface area contributed by atoms with Crippen LogP contribution < -0.4 is 10.9 Å². The summed E-state index contributed by atoms with van der Waals surface area (Å²) in [7, 11) is 0. The highest BCUT2D eigenvalue weighted by Crippen LogP contribution is 2.20. The van der Waals surface area contributed by atoms with Crippen LogP contribution in [0.2, 0.25) is 0 Å². The zero-order chi connectivity index (χ0) is 18.4. The quantitative estimate of drug-likeness (QED) is 0.822. The van der Waals surface area contributed by atoms with Gasteiger partial charge in [-0.1, -0.05) is 32.3 Å². The molecule has 5 heteroatoms. The largest absolute Gasteiger partial charge is 0.347 e. The molecule has 1 aliphatic rings. The van der Waals surface area contributed by atoms with Gasteiger partial charge in [-0.05, 0) is 55.2 Å². The molecule has 0 fully saturated rings. The molecule has 0 aliphatic heterocycles. The fourth-order valence-corrected chi connectivity index (χ4v) is 4.27. The van der Waals surface area contributed by atoms with E-state index in [2.05, 4.69) is 12.2 Å². The predicted molar refractivity (Wildman–Crippen MR) is 107 cm³/mol. The summed E-state index contributed by atoms with van der Waals surface area (Å²) in [5, 5.41) is 4.91. The van der Waals surface area contributed by atoms with Crippen molar-refractivity contribution < 1.29 is 4.79 Å². The molecule has 1 N–H and O–H groups in total. The first-order valence-corrected chi connectivity index (χ1v) is 10.6. The number of carbonyl (C=O) groups excluding carboxylic acids is 1. The first kappa shape index (κ1) is 18.9. The topological polar surface area (TPSA) is 51.1 Å². The molecule has 2 aromatic rings. The Balaban J connectivity index is 1.91. The molecule has 0 saturated heterocycles. The number of aryl methyl sites for hydroxylation is 1. The Morgan fingerprint density at radius 3 is 2.77 bits per heavy atom. The number of rotatable bonds is 6. The van der Waals surface area contributed by atoms with Gasteiger partial charge >= 0.3 is 0 Å². The number of carbonyl (C=O) groups is 1. The van der Waals surface area contributed by atoms with Gasteiger partial charge in [0.15, 0.2) is 0 Å². The van der Waals surface area contributed by atoms with Crippen molar-refractivity contribution in [2.24, 2.45) is 0 Å². The molecule has 2 aromatic heterocycles. The van der Waals surface area contributed by atoms with Crippen LogP contribution in [-0.4, -0.2) is 10.5 Å². The Labute approximate surface area is 159 Å². The minimum absolute atomic E-state index is 0.124. The lowest BCUT2D eigenvalue weighted by Gasteiger charge is -2.21. The van der Waals surface area contributed by atoms with Gasteiger partial charge in [0.1, 0.15) is 5.56 Å². The lowest BCUT2D eigenvalue weighted by molar-refractivity contribution is 0.0949. The Hall–Kier alpha value is -1.88. The van der Waals surface area contributed by atoms with E-state index in [0.29, 0.717) is 18.7 Å². The second-order valence-electron chi connectivity index (χ2n) is 7.02. The van der Waals surface area contributed by atoms with Crippen LogP contribution in [0.25, 0.3) is 0 Å². The summed E-state index contributed by atoms with van der Waals surface area (Å²) in [6.07, 6.45) is 8.64. The smallest absolute Gasteiger partial charge is 0.263 e. The van der Waals surface area contributed by atoms with Gasteiger partial charge in [0.2, 0.25) is 0 Å². The van der Waals surface area contributed by atoms with E-state index in [9.17, 15) is 9.59 Å². The Morgan fingerprint density at radius 2 is 2.04 bits per heavy atom. The third kappa shape index (κ3) is 4.44. The highest BCUT2D eigenvalue weighted by molar-refractivity contribution is 7.09. The van der Waals surface area contributed by atoms with E-state index >= 15 is 0 Å². The molecule has 0 radical (unpaired) electrons. The van der Waals surface area contributed by atoms with Gasteiger partial charge < -0.3 is 9.88 Å². The van der Waals surface area contributed by atoms with Crippen LogP contribution in [0.4, 0.5) is 0 Å². The van der Waals surface area contributed by atoms with E-state index in [1.807, 2.05) is 28.1 Å². The van der Waals surface area contributed by atoms with E-state index in [1.54, 1.807) is 11.3 Å². The zero-order valence-electron chi connectivity index (χ0n) is 15.6. The first-order chi connectivity index (χ1) is 12.7. The van der Waals surface area contributed by atoms with Crippen LogP contribution in [0.1, 0.15) is 71.9 Å². The fraction of sp³-hybridized carbons (Fsp3) is 0.524. The van der Waals surface area contributed by atoms with Gasteiger partial charge in [-0.3, -0.25) is 9.59 Å². The Kier molecular flexibility index (Phi) is 6.67. The number of amides is 1. The molecule has 3 rings (SSSR count). The van der Waals surface area contributed by atoms with Crippen molar-refractivity contribution in [1.82, 2.24) is 9.88 Å². The Bertz CT molecular complexity index is 793. The molecular weight excluding hydrogens is 344 g/mol. The van der Waals surface area contributed by atoms with E-state index in [0.717, 1.165) is 49.1 Å².